The van der Waals surface area contributed by atoms with Gasteiger partial charge in [0, 0.05) is 13.5 Å². The van der Waals surface area contributed by atoms with E-state index in [1.165, 1.54) is 0 Å². The minimum Gasteiger partial charge on any atom is -0.405 e. The van der Waals surface area contributed by atoms with E-state index in [1.807, 2.05) is 78.9 Å². The molecule has 6 atom stereocenters. The van der Waals surface area contributed by atoms with Gasteiger partial charge in [0.1, 0.15) is 24.4 Å². The van der Waals surface area contributed by atoms with Crippen molar-refractivity contribution in [1.82, 2.24) is 0 Å². The molecule has 378 valence electrons. The first kappa shape index (κ1) is 54.5. The Morgan fingerprint density at radius 1 is 0.597 bits per heavy atom. The van der Waals surface area contributed by atoms with Crippen molar-refractivity contribution in [2.24, 2.45) is 0 Å². The van der Waals surface area contributed by atoms with Gasteiger partial charge in [0.2, 0.25) is 0 Å². The van der Waals surface area contributed by atoms with Crippen LogP contribution in [0.25, 0.3) is 0 Å². The third kappa shape index (κ3) is 13.3. The average molecular weight is 1020 g/mol. The summed E-state index contributed by atoms with van der Waals surface area (Å²) in [5.41, 5.74) is 1.00. The molecule has 7 rings (SSSR count). The molecule has 0 aromatic heterocycles. The van der Waals surface area contributed by atoms with E-state index >= 15 is 0 Å². The molecule has 72 heavy (non-hydrogen) atoms. The summed E-state index contributed by atoms with van der Waals surface area (Å²) in [5.74, 6) is 5.83. The van der Waals surface area contributed by atoms with Gasteiger partial charge in [0.25, 0.3) is 16.6 Å². The number of rotatable bonds is 21. The van der Waals surface area contributed by atoms with Gasteiger partial charge in [-0.1, -0.05) is 235 Å². The molecule has 0 aliphatic carbocycles. The second kappa shape index (κ2) is 24.6. The first-order valence-electron chi connectivity index (χ1n) is 24.7. The summed E-state index contributed by atoms with van der Waals surface area (Å²) in [5, 5.41) is 15.4. The lowest BCUT2D eigenvalue weighted by atomic mass is 10.1. The highest BCUT2D eigenvalue weighted by Crippen LogP contribution is 2.38. The molecular weight excluding hydrogens is 953 g/mol. The van der Waals surface area contributed by atoms with Crippen LogP contribution in [0.4, 0.5) is 0 Å². The topological polar surface area (TPSA) is 110 Å². The Morgan fingerprint density at radius 3 is 1.49 bits per heavy atom. The van der Waals surface area contributed by atoms with Crippen LogP contribution in [-0.2, 0) is 44.2 Å². The zero-order valence-corrected chi connectivity index (χ0v) is 45.4. The van der Waals surface area contributed by atoms with Crippen LogP contribution in [0, 0.1) is 11.8 Å². The molecule has 1 unspecified atom stereocenters. The van der Waals surface area contributed by atoms with Crippen LogP contribution in [0.3, 0.4) is 0 Å². The summed E-state index contributed by atoms with van der Waals surface area (Å²) in [6.45, 7) is 14.0. The van der Waals surface area contributed by atoms with Crippen LogP contribution >= 0.6 is 0 Å². The Morgan fingerprint density at radius 2 is 1.03 bits per heavy atom. The zero-order valence-electron chi connectivity index (χ0n) is 42.6. The number of ether oxygens (including phenoxy) is 4. The van der Waals surface area contributed by atoms with Gasteiger partial charge in [-0.25, -0.2) is 8.42 Å². The number of aliphatic hydroxyl groups excluding tert-OH is 1. The first-order valence-corrected chi connectivity index (χ1v) is 30.2. The van der Waals surface area contributed by atoms with E-state index in [0.717, 1.165) is 26.3 Å². The molecule has 9 nitrogen and oxygen atoms in total. The fraction of sp³-hybridized carbons (Fsp3) is 0.333. The predicted molar refractivity (Wildman–Crippen MR) is 293 cm³/mol. The molecule has 1 N–H and O–H groups in total. The standard InChI is InChI=1S/C60H70O9SSi2/c1-59(2,3)71(53-30-18-10-19-31-53,54-32-20-11-21-33-54)66-44-49-40-41-57(61)58(68-49)69-50(46-70(62,63)52-28-16-9-17-29-52)39-38-48(64-7)42-51(65-43-47-26-14-8-15-27-47)45-67-72(60(4,5)6,55-34-22-12-23-35-55)56-36-24-13-25-37-56/h8-37,40-41,48-51,57-58,61H,42-46H2,1-7H3/t48?,49-,50+,51+,57+,58-/m0/s1. The largest absolute Gasteiger partial charge is 0.405 e. The Labute approximate surface area is 430 Å². The van der Waals surface area contributed by atoms with Gasteiger partial charge in [0.15, 0.2) is 16.1 Å². The van der Waals surface area contributed by atoms with E-state index in [9.17, 15) is 13.5 Å². The Hall–Kier alpha value is -5.28. The quantitative estimate of drug-likeness (QED) is 0.0431. The van der Waals surface area contributed by atoms with E-state index in [1.54, 1.807) is 49.6 Å². The molecule has 0 radical (unpaired) electrons. The highest BCUT2D eigenvalue weighted by atomic mass is 32.2. The van der Waals surface area contributed by atoms with Gasteiger partial charge in [-0.3, -0.25) is 0 Å². The number of hydrogen-bond acceptors (Lipinski definition) is 9. The van der Waals surface area contributed by atoms with E-state index in [4.69, 9.17) is 27.8 Å². The van der Waals surface area contributed by atoms with Crippen molar-refractivity contribution in [3.05, 3.63) is 200 Å². The normalized spacial score (nSPS) is 17.9. The molecule has 1 aliphatic rings. The van der Waals surface area contributed by atoms with Crippen molar-refractivity contribution >= 4 is 47.2 Å². The van der Waals surface area contributed by atoms with Crippen molar-refractivity contribution < 1.29 is 41.3 Å². The van der Waals surface area contributed by atoms with Crippen LogP contribution in [0.1, 0.15) is 53.5 Å². The van der Waals surface area contributed by atoms with Gasteiger partial charge in [0.05, 0.1) is 36.6 Å². The SMILES string of the molecule is COC(C#C[C@H](CS(=O)(=O)c1ccccc1)O[C@@H]1O[C@H](CO[Si](c2ccccc2)(c2ccccc2)C(C)(C)C)C=C[C@H]1O)C[C@H](CO[Si](c1ccccc1)(c1ccccc1)C(C)(C)C)OCc1ccccc1. The highest BCUT2D eigenvalue weighted by Gasteiger charge is 2.52. The fourth-order valence-corrected chi connectivity index (χ4v) is 20.1. The van der Waals surface area contributed by atoms with Crippen LogP contribution in [0.2, 0.25) is 10.1 Å². The van der Waals surface area contributed by atoms with Crippen LogP contribution < -0.4 is 20.7 Å². The number of hydrogen-bond donors (Lipinski definition) is 1. The smallest absolute Gasteiger partial charge is 0.261 e. The molecule has 0 amide bonds. The molecule has 0 saturated carbocycles. The summed E-state index contributed by atoms with van der Waals surface area (Å²) in [7, 11) is -8.29. The zero-order chi connectivity index (χ0) is 51.2. The van der Waals surface area contributed by atoms with Crippen LogP contribution in [0.5, 0.6) is 0 Å². The maximum absolute atomic E-state index is 14.1. The lowest BCUT2D eigenvalue weighted by Gasteiger charge is -2.44. The molecule has 6 aromatic carbocycles. The molecular formula is C60H70O9SSi2. The fourth-order valence-electron chi connectivity index (χ4n) is 9.59. The molecule has 0 bridgehead atoms. The number of benzene rings is 6. The maximum Gasteiger partial charge on any atom is 0.261 e. The Bertz CT molecular complexity index is 2700. The van der Waals surface area contributed by atoms with E-state index < -0.39 is 69.0 Å². The van der Waals surface area contributed by atoms with E-state index in [-0.39, 0.29) is 28.2 Å². The van der Waals surface area contributed by atoms with E-state index in [0.29, 0.717) is 13.0 Å². The van der Waals surface area contributed by atoms with Crippen molar-refractivity contribution in [2.45, 2.75) is 106 Å². The maximum atomic E-state index is 14.1. The summed E-state index contributed by atoms with van der Waals surface area (Å²) >= 11 is 0. The van der Waals surface area contributed by atoms with Crippen molar-refractivity contribution in [3.8, 4) is 11.8 Å². The molecule has 1 heterocycles. The number of sulfone groups is 1. The summed E-state index contributed by atoms with van der Waals surface area (Å²) in [4.78, 5) is 0.125. The monoisotopic (exact) mass is 1020 g/mol. The highest BCUT2D eigenvalue weighted by molar-refractivity contribution is 7.91. The molecule has 0 fully saturated rings. The lowest BCUT2D eigenvalue weighted by molar-refractivity contribution is -0.216. The molecule has 0 saturated heterocycles. The van der Waals surface area contributed by atoms with Crippen molar-refractivity contribution in [1.29, 1.82) is 0 Å². The third-order valence-electron chi connectivity index (χ3n) is 13.2. The summed E-state index contributed by atoms with van der Waals surface area (Å²) in [6.07, 6.45) is -1.91. The average Bonchev–Trinajstić information content (AvgIpc) is 3.38. The molecule has 12 heteroatoms. The predicted octanol–water partition coefficient (Wildman–Crippen LogP) is 8.63. The Kier molecular flexibility index (Phi) is 18.6. The van der Waals surface area contributed by atoms with Gasteiger partial charge in [-0.05, 0) is 48.5 Å². The van der Waals surface area contributed by atoms with Crippen LogP contribution in [-0.4, -0.2) is 93.0 Å². The minimum atomic E-state index is -3.94. The molecule has 0 spiro atoms. The minimum absolute atomic E-state index is 0.125. The van der Waals surface area contributed by atoms with Gasteiger partial charge >= 0.3 is 0 Å². The second-order valence-electron chi connectivity index (χ2n) is 20.3. The Balaban J connectivity index is 1.17. The molecule has 6 aromatic rings. The summed E-state index contributed by atoms with van der Waals surface area (Å²) in [6, 6.07) is 59.8. The number of methoxy groups -OCH3 is 1. The van der Waals surface area contributed by atoms with Crippen LogP contribution in [0.15, 0.2) is 199 Å². The lowest BCUT2D eigenvalue weighted by Crippen LogP contribution is -2.67. The van der Waals surface area contributed by atoms with Crippen molar-refractivity contribution in [3.63, 3.8) is 0 Å². The van der Waals surface area contributed by atoms with E-state index in [2.05, 4.69) is 126 Å². The van der Waals surface area contributed by atoms with Gasteiger partial charge < -0.3 is 32.9 Å². The first-order chi connectivity index (χ1) is 34.6. The molecule has 1 aliphatic heterocycles. The van der Waals surface area contributed by atoms with Gasteiger partial charge in [-0.15, -0.1) is 0 Å². The van der Waals surface area contributed by atoms with Crippen molar-refractivity contribution in [2.75, 3.05) is 26.1 Å². The van der Waals surface area contributed by atoms with Gasteiger partial charge in [-0.2, -0.15) is 0 Å². The second-order valence-corrected chi connectivity index (χ2v) is 30.9. The summed E-state index contributed by atoms with van der Waals surface area (Å²) < 4.78 is 68.4. The number of aliphatic hydroxyl groups is 1. The third-order valence-corrected chi connectivity index (χ3v) is 24.9.